The van der Waals surface area contributed by atoms with Crippen LogP contribution in [-0.2, 0) is 16.1 Å². The van der Waals surface area contributed by atoms with Crippen LogP contribution in [0.2, 0.25) is 0 Å². The fourth-order valence-electron chi connectivity index (χ4n) is 2.68. The van der Waals surface area contributed by atoms with E-state index < -0.39 is 6.04 Å². The number of phenols is 1. The zero-order valence-corrected chi connectivity index (χ0v) is 12.0. The molecule has 0 spiro atoms. The van der Waals surface area contributed by atoms with Crippen molar-refractivity contribution in [3.63, 3.8) is 0 Å². The lowest BCUT2D eigenvalue weighted by atomic mass is 10.0. The Labute approximate surface area is 127 Å². The smallest absolute Gasteiger partial charge is 0.242 e. The van der Waals surface area contributed by atoms with Crippen molar-refractivity contribution < 1.29 is 14.7 Å². The lowest BCUT2D eigenvalue weighted by molar-refractivity contribution is -0.131. The predicted octanol–water partition coefficient (Wildman–Crippen LogP) is 1.23. The maximum Gasteiger partial charge on any atom is 0.242 e. The molecule has 1 fully saturated rings. The van der Waals surface area contributed by atoms with Crippen LogP contribution in [0.4, 0.5) is 0 Å². The first-order valence-electron chi connectivity index (χ1n) is 7.28. The monoisotopic (exact) mass is 299 g/mol. The number of aromatic hydroxyl groups is 1. The van der Waals surface area contributed by atoms with Gasteiger partial charge in [0.1, 0.15) is 17.3 Å². The molecule has 1 aromatic heterocycles. The first kappa shape index (κ1) is 14.3. The standard InChI is InChI=1S/C16H17N3O3/c20-13-7-6-10(11-3-2-8-17-15(11)13)9-18-16(22)12-4-1-5-14(21)19-12/h2-3,6-8,12,20H,1,4-5,9H2,(H,18,22)(H,19,21). The van der Waals surface area contributed by atoms with Crippen LogP contribution >= 0.6 is 0 Å². The van der Waals surface area contributed by atoms with E-state index in [1.807, 2.05) is 6.07 Å². The number of hydrogen-bond acceptors (Lipinski definition) is 4. The van der Waals surface area contributed by atoms with Gasteiger partial charge in [-0.1, -0.05) is 12.1 Å². The Hall–Kier alpha value is -2.63. The zero-order valence-electron chi connectivity index (χ0n) is 12.0. The van der Waals surface area contributed by atoms with Crippen molar-refractivity contribution in [3.8, 4) is 5.75 Å². The third kappa shape index (κ3) is 2.86. The van der Waals surface area contributed by atoms with Gasteiger partial charge in [-0.2, -0.15) is 0 Å². The number of carbonyl (C=O) groups is 2. The van der Waals surface area contributed by atoms with Crippen LogP contribution in [0.3, 0.4) is 0 Å². The van der Waals surface area contributed by atoms with E-state index in [1.165, 1.54) is 0 Å². The Bertz CT molecular complexity index is 730. The van der Waals surface area contributed by atoms with Crippen molar-refractivity contribution in [2.75, 3.05) is 0 Å². The van der Waals surface area contributed by atoms with Crippen molar-refractivity contribution in [2.45, 2.75) is 31.8 Å². The summed E-state index contributed by atoms with van der Waals surface area (Å²) in [5, 5.41) is 16.1. The minimum atomic E-state index is -0.456. The number of fused-ring (bicyclic) bond motifs is 1. The fraction of sp³-hybridized carbons (Fsp3) is 0.312. The number of hydrogen-bond donors (Lipinski definition) is 3. The molecule has 3 N–H and O–H groups in total. The van der Waals surface area contributed by atoms with E-state index in [2.05, 4.69) is 15.6 Å². The minimum absolute atomic E-state index is 0.0781. The molecule has 1 saturated heterocycles. The highest BCUT2D eigenvalue weighted by molar-refractivity contribution is 5.90. The summed E-state index contributed by atoms with van der Waals surface area (Å²) in [6.07, 6.45) is 3.49. The minimum Gasteiger partial charge on any atom is -0.506 e. The molecule has 1 unspecified atom stereocenters. The Kier molecular flexibility index (Phi) is 3.91. The number of carbonyl (C=O) groups excluding carboxylic acids is 2. The van der Waals surface area contributed by atoms with Gasteiger partial charge in [-0.15, -0.1) is 0 Å². The molecule has 3 rings (SSSR count). The fourth-order valence-corrected chi connectivity index (χ4v) is 2.68. The quantitative estimate of drug-likeness (QED) is 0.795. The molecule has 6 heteroatoms. The van der Waals surface area contributed by atoms with Gasteiger partial charge >= 0.3 is 0 Å². The van der Waals surface area contributed by atoms with E-state index >= 15 is 0 Å². The van der Waals surface area contributed by atoms with E-state index in [1.54, 1.807) is 24.4 Å². The second-order valence-electron chi connectivity index (χ2n) is 5.37. The molecule has 6 nitrogen and oxygen atoms in total. The highest BCUT2D eigenvalue weighted by Crippen LogP contribution is 2.25. The largest absolute Gasteiger partial charge is 0.506 e. The number of benzene rings is 1. The number of phenolic OH excluding ortho intramolecular Hbond substituents is 1. The molecular weight excluding hydrogens is 282 g/mol. The van der Waals surface area contributed by atoms with Gasteiger partial charge in [0, 0.05) is 24.5 Å². The molecule has 1 aromatic carbocycles. The maximum atomic E-state index is 12.1. The van der Waals surface area contributed by atoms with Crippen LogP contribution in [0.5, 0.6) is 5.75 Å². The van der Waals surface area contributed by atoms with E-state index in [-0.39, 0.29) is 17.6 Å². The Morgan fingerprint density at radius 1 is 1.41 bits per heavy atom. The summed E-state index contributed by atoms with van der Waals surface area (Å²) in [6, 6.07) is 6.52. The number of aromatic nitrogens is 1. The van der Waals surface area contributed by atoms with E-state index in [0.717, 1.165) is 17.4 Å². The first-order valence-corrected chi connectivity index (χ1v) is 7.28. The number of nitrogens with zero attached hydrogens (tertiary/aromatic N) is 1. The van der Waals surface area contributed by atoms with E-state index in [9.17, 15) is 14.7 Å². The molecule has 1 aliphatic rings. The zero-order chi connectivity index (χ0) is 15.5. The Morgan fingerprint density at radius 3 is 3.09 bits per heavy atom. The van der Waals surface area contributed by atoms with Gasteiger partial charge in [0.15, 0.2) is 0 Å². The maximum absolute atomic E-state index is 12.1. The van der Waals surface area contributed by atoms with Gasteiger partial charge in [-0.05, 0) is 30.5 Å². The highest BCUT2D eigenvalue weighted by atomic mass is 16.3. The van der Waals surface area contributed by atoms with Crippen LogP contribution in [0, 0.1) is 0 Å². The molecular formula is C16H17N3O3. The molecule has 0 bridgehead atoms. The lowest BCUT2D eigenvalue weighted by Crippen LogP contribution is -2.48. The van der Waals surface area contributed by atoms with Crippen LogP contribution in [0.1, 0.15) is 24.8 Å². The SMILES string of the molecule is O=C1CCCC(C(=O)NCc2ccc(O)c3ncccc23)N1. The second kappa shape index (κ2) is 6.01. The van der Waals surface area contributed by atoms with Gasteiger partial charge in [-0.3, -0.25) is 14.6 Å². The molecule has 2 amide bonds. The van der Waals surface area contributed by atoms with Crippen molar-refractivity contribution in [1.29, 1.82) is 0 Å². The Morgan fingerprint density at radius 2 is 2.27 bits per heavy atom. The number of pyridine rings is 1. The number of rotatable bonds is 3. The van der Waals surface area contributed by atoms with Gasteiger partial charge < -0.3 is 15.7 Å². The predicted molar refractivity (Wildman–Crippen MR) is 81.0 cm³/mol. The van der Waals surface area contributed by atoms with E-state index in [4.69, 9.17) is 0 Å². The molecule has 1 atom stereocenters. The third-order valence-corrected chi connectivity index (χ3v) is 3.84. The molecule has 2 heterocycles. The van der Waals surface area contributed by atoms with E-state index in [0.29, 0.717) is 24.9 Å². The van der Waals surface area contributed by atoms with Gasteiger partial charge in [0.05, 0.1) is 0 Å². The van der Waals surface area contributed by atoms with Gasteiger partial charge in [0.2, 0.25) is 11.8 Å². The van der Waals surface area contributed by atoms with Crippen LogP contribution in [-0.4, -0.2) is 27.9 Å². The molecule has 0 aliphatic carbocycles. The summed E-state index contributed by atoms with van der Waals surface area (Å²) in [7, 11) is 0. The summed E-state index contributed by atoms with van der Waals surface area (Å²) in [6.45, 7) is 0.327. The lowest BCUT2D eigenvalue weighted by Gasteiger charge is -2.22. The van der Waals surface area contributed by atoms with Crippen molar-refractivity contribution in [2.24, 2.45) is 0 Å². The van der Waals surface area contributed by atoms with Crippen LogP contribution < -0.4 is 10.6 Å². The summed E-state index contributed by atoms with van der Waals surface area (Å²) in [5.41, 5.74) is 1.39. The van der Waals surface area contributed by atoms with Crippen LogP contribution in [0.15, 0.2) is 30.5 Å². The van der Waals surface area contributed by atoms with Crippen molar-refractivity contribution in [1.82, 2.24) is 15.6 Å². The summed E-state index contributed by atoms with van der Waals surface area (Å²) < 4.78 is 0. The Balaban J connectivity index is 1.73. The number of piperidine rings is 1. The third-order valence-electron chi connectivity index (χ3n) is 3.84. The summed E-state index contributed by atoms with van der Waals surface area (Å²) >= 11 is 0. The molecule has 0 radical (unpaired) electrons. The number of nitrogens with one attached hydrogen (secondary N) is 2. The molecule has 22 heavy (non-hydrogen) atoms. The van der Waals surface area contributed by atoms with Crippen LogP contribution in [0.25, 0.3) is 10.9 Å². The molecule has 0 saturated carbocycles. The normalized spacial score (nSPS) is 18.0. The second-order valence-corrected chi connectivity index (χ2v) is 5.37. The summed E-state index contributed by atoms with van der Waals surface area (Å²) in [4.78, 5) is 27.6. The van der Waals surface area contributed by atoms with Crippen molar-refractivity contribution >= 4 is 22.7 Å². The molecule has 2 aromatic rings. The van der Waals surface area contributed by atoms with Crippen molar-refractivity contribution in [3.05, 3.63) is 36.0 Å². The molecule has 1 aliphatic heterocycles. The topological polar surface area (TPSA) is 91.3 Å². The average molecular weight is 299 g/mol. The van der Waals surface area contributed by atoms with Gasteiger partial charge in [0.25, 0.3) is 0 Å². The summed E-state index contributed by atoms with van der Waals surface area (Å²) in [5.74, 6) is -0.144. The molecule has 114 valence electrons. The number of amides is 2. The first-order chi connectivity index (χ1) is 10.6. The average Bonchev–Trinajstić information content (AvgIpc) is 2.54. The van der Waals surface area contributed by atoms with Gasteiger partial charge in [-0.25, -0.2) is 0 Å². The highest BCUT2D eigenvalue weighted by Gasteiger charge is 2.24.